The predicted octanol–water partition coefficient (Wildman–Crippen LogP) is 1.40. The van der Waals surface area contributed by atoms with Crippen LogP contribution in [0.25, 0.3) is 0 Å². The van der Waals surface area contributed by atoms with Crippen molar-refractivity contribution in [1.82, 2.24) is 4.90 Å². The van der Waals surface area contributed by atoms with Gasteiger partial charge in [-0.1, -0.05) is 13.5 Å². The smallest absolute Gasteiger partial charge is 0.334 e. The summed E-state index contributed by atoms with van der Waals surface area (Å²) in [6.45, 7) is 7.12. The molecule has 1 atom stereocenters. The molecule has 12 heavy (non-hydrogen) atoms. The Morgan fingerprint density at radius 1 is 1.58 bits per heavy atom. The Kier molecular flexibility index (Phi) is 4.59. The van der Waals surface area contributed by atoms with Crippen molar-refractivity contribution in [2.75, 3.05) is 14.1 Å². The highest BCUT2D eigenvalue weighted by Gasteiger charge is 2.14. The molecule has 0 saturated carbocycles. The van der Waals surface area contributed by atoms with Gasteiger partial charge >= 0.3 is 5.97 Å². The van der Waals surface area contributed by atoms with Crippen LogP contribution in [0.15, 0.2) is 12.2 Å². The number of esters is 1. The lowest BCUT2D eigenvalue weighted by atomic mass is 10.3. The van der Waals surface area contributed by atoms with Crippen LogP contribution in [-0.2, 0) is 9.53 Å². The summed E-state index contributed by atoms with van der Waals surface area (Å²) < 4.78 is 5.11. The highest BCUT2D eigenvalue weighted by molar-refractivity contribution is 5.87. The van der Waals surface area contributed by atoms with E-state index in [4.69, 9.17) is 4.74 Å². The first-order chi connectivity index (χ1) is 5.49. The zero-order chi connectivity index (χ0) is 9.72. The normalized spacial score (nSPS) is 12.8. The van der Waals surface area contributed by atoms with Gasteiger partial charge in [-0.25, -0.2) is 4.79 Å². The molecular weight excluding hydrogens is 154 g/mol. The molecule has 0 rings (SSSR count). The monoisotopic (exact) mass is 171 g/mol. The lowest BCUT2D eigenvalue weighted by Crippen LogP contribution is -2.32. The molecule has 0 heterocycles. The molecule has 0 bridgehead atoms. The molecule has 3 nitrogen and oxygen atoms in total. The molecule has 0 aliphatic rings. The third-order valence-electron chi connectivity index (χ3n) is 1.52. The van der Waals surface area contributed by atoms with Crippen molar-refractivity contribution in [3.05, 3.63) is 12.2 Å². The van der Waals surface area contributed by atoms with Gasteiger partial charge in [0.15, 0.2) is 6.23 Å². The van der Waals surface area contributed by atoms with Gasteiger partial charge in [-0.05, 0) is 27.4 Å². The summed E-state index contributed by atoms with van der Waals surface area (Å²) in [6.07, 6.45) is 0.639. The van der Waals surface area contributed by atoms with Gasteiger partial charge in [0.05, 0.1) is 0 Å². The number of hydrogen-bond donors (Lipinski definition) is 0. The first kappa shape index (κ1) is 11.2. The fourth-order valence-corrected chi connectivity index (χ4v) is 0.778. The number of hydrogen-bond acceptors (Lipinski definition) is 3. The zero-order valence-corrected chi connectivity index (χ0v) is 8.26. The van der Waals surface area contributed by atoms with Crippen molar-refractivity contribution in [3.8, 4) is 0 Å². The Morgan fingerprint density at radius 2 is 2.08 bits per heavy atom. The zero-order valence-electron chi connectivity index (χ0n) is 8.26. The van der Waals surface area contributed by atoms with Crippen molar-refractivity contribution in [2.45, 2.75) is 26.5 Å². The number of rotatable bonds is 4. The molecule has 3 heteroatoms. The largest absolute Gasteiger partial charge is 0.443 e. The lowest BCUT2D eigenvalue weighted by molar-refractivity contribution is -0.152. The standard InChI is InChI=1S/C9H17NO2/c1-6-8(10(4)5)12-9(11)7(2)3/h8H,2,6H2,1,3-5H3. The van der Waals surface area contributed by atoms with Crippen molar-refractivity contribution in [3.63, 3.8) is 0 Å². The van der Waals surface area contributed by atoms with Crippen LogP contribution in [-0.4, -0.2) is 31.2 Å². The summed E-state index contributed by atoms with van der Waals surface area (Å²) in [5.41, 5.74) is 0.440. The summed E-state index contributed by atoms with van der Waals surface area (Å²) in [5, 5.41) is 0. The van der Waals surface area contributed by atoms with Gasteiger partial charge in [-0.15, -0.1) is 0 Å². The molecular formula is C9H17NO2. The number of nitrogens with zero attached hydrogens (tertiary/aromatic N) is 1. The van der Waals surface area contributed by atoms with E-state index in [-0.39, 0.29) is 12.2 Å². The first-order valence-corrected chi connectivity index (χ1v) is 4.02. The average molecular weight is 171 g/mol. The molecule has 1 unspecified atom stereocenters. The van der Waals surface area contributed by atoms with Gasteiger partial charge in [0, 0.05) is 5.57 Å². The third-order valence-corrected chi connectivity index (χ3v) is 1.52. The van der Waals surface area contributed by atoms with Crippen LogP contribution in [0.1, 0.15) is 20.3 Å². The number of ether oxygens (including phenoxy) is 1. The van der Waals surface area contributed by atoms with Gasteiger partial charge in [0.2, 0.25) is 0 Å². The fraction of sp³-hybridized carbons (Fsp3) is 0.667. The fourth-order valence-electron chi connectivity index (χ4n) is 0.778. The van der Waals surface area contributed by atoms with Gasteiger partial charge in [0.1, 0.15) is 0 Å². The van der Waals surface area contributed by atoms with Gasteiger partial charge < -0.3 is 4.74 Å². The van der Waals surface area contributed by atoms with Crippen molar-refractivity contribution < 1.29 is 9.53 Å². The van der Waals surface area contributed by atoms with Gasteiger partial charge in [-0.2, -0.15) is 0 Å². The second-order valence-corrected chi connectivity index (χ2v) is 3.01. The molecule has 0 fully saturated rings. The minimum Gasteiger partial charge on any atom is -0.443 e. The van der Waals surface area contributed by atoms with E-state index in [1.807, 2.05) is 25.9 Å². The maximum atomic E-state index is 11.1. The highest BCUT2D eigenvalue weighted by Crippen LogP contribution is 2.04. The average Bonchev–Trinajstić information content (AvgIpc) is 1.98. The second kappa shape index (κ2) is 4.93. The topological polar surface area (TPSA) is 29.5 Å². The van der Waals surface area contributed by atoms with Crippen LogP contribution >= 0.6 is 0 Å². The molecule has 0 radical (unpaired) electrons. The first-order valence-electron chi connectivity index (χ1n) is 4.02. The summed E-state index contributed by atoms with van der Waals surface area (Å²) in [4.78, 5) is 12.9. The van der Waals surface area contributed by atoms with Crippen molar-refractivity contribution in [1.29, 1.82) is 0 Å². The van der Waals surface area contributed by atoms with E-state index in [0.29, 0.717) is 5.57 Å². The third kappa shape index (κ3) is 3.53. The van der Waals surface area contributed by atoms with Crippen LogP contribution in [0.3, 0.4) is 0 Å². The molecule has 0 N–H and O–H groups in total. The van der Waals surface area contributed by atoms with E-state index in [0.717, 1.165) is 6.42 Å². The van der Waals surface area contributed by atoms with E-state index in [2.05, 4.69) is 6.58 Å². The maximum Gasteiger partial charge on any atom is 0.334 e. The van der Waals surface area contributed by atoms with Crippen LogP contribution in [0.5, 0.6) is 0 Å². The number of carbonyl (C=O) groups excluding carboxylic acids is 1. The predicted molar refractivity (Wildman–Crippen MR) is 48.7 cm³/mol. The van der Waals surface area contributed by atoms with E-state index in [1.165, 1.54) is 0 Å². The summed E-state index contributed by atoms with van der Waals surface area (Å²) in [7, 11) is 3.75. The Bertz CT molecular complexity index is 175. The molecule has 0 aromatic heterocycles. The Morgan fingerprint density at radius 3 is 2.33 bits per heavy atom. The maximum absolute atomic E-state index is 11.1. The minimum atomic E-state index is -0.324. The summed E-state index contributed by atoms with van der Waals surface area (Å²) >= 11 is 0. The molecule has 0 amide bonds. The molecule has 0 saturated heterocycles. The van der Waals surface area contributed by atoms with Crippen LogP contribution < -0.4 is 0 Å². The van der Waals surface area contributed by atoms with Gasteiger partial charge in [0.25, 0.3) is 0 Å². The lowest BCUT2D eigenvalue weighted by Gasteiger charge is -2.22. The summed E-state index contributed by atoms with van der Waals surface area (Å²) in [5.74, 6) is -0.324. The Hall–Kier alpha value is -0.830. The highest BCUT2D eigenvalue weighted by atomic mass is 16.6. The van der Waals surface area contributed by atoms with E-state index < -0.39 is 0 Å². The van der Waals surface area contributed by atoms with E-state index >= 15 is 0 Å². The summed E-state index contributed by atoms with van der Waals surface area (Å²) in [6, 6.07) is 0. The molecule has 0 aliphatic heterocycles. The van der Waals surface area contributed by atoms with E-state index in [9.17, 15) is 4.79 Å². The SMILES string of the molecule is C=C(C)C(=O)OC(CC)N(C)C. The molecule has 0 aromatic rings. The van der Waals surface area contributed by atoms with Crippen LogP contribution in [0.2, 0.25) is 0 Å². The molecule has 70 valence electrons. The van der Waals surface area contributed by atoms with Crippen molar-refractivity contribution >= 4 is 5.97 Å². The molecule has 0 spiro atoms. The quantitative estimate of drug-likeness (QED) is 0.364. The van der Waals surface area contributed by atoms with Crippen molar-refractivity contribution in [2.24, 2.45) is 0 Å². The van der Waals surface area contributed by atoms with Crippen LogP contribution in [0.4, 0.5) is 0 Å². The Labute approximate surface area is 74.0 Å². The number of carbonyl (C=O) groups is 1. The molecule has 0 aliphatic carbocycles. The minimum absolute atomic E-state index is 0.144. The van der Waals surface area contributed by atoms with Crippen LogP contribution in [0, 0.1) is 0 Å². The Balaban J connectivity index is 4.03. The molecule has 0 aromatic carbocycles. The second-order valence-electron chi connectivity index (χ2n) is 3.01. The van der Waals surface area contributed by atoms with Gasteiger partial charge in [-0.3, -0.25) is 4.90 Å². The van der Waals surface area contributed by atoms with E-state index in [1.54, 1.807) is 6.92 Å².